The van der Waals surface area contributed by atoms with Crippen LogP contribution in [-0.2, 0) is 9.59 Å². The van der Waals surface area contributed by atoms with Gasteiger partial charge in [0.05, 0.1) is 0 Å². The van der Waals surface area contributed by atoms with Crippen LogP contribution in [0.1, 0.15) is 26.2 Å². The van der Waals surface area contributed by atoms with E-state index in [1.807, 2.05) is 6.92 Å². The number of rotatable bonds is 3. The number of alkyl halides is 1. The second-order valence-corrected chi connectivity index (χ2v) is 3.88. The highest BCUT2D eigenvalue weighted by atomic mass is 35.5. The summed E-state index contributed by atoms with van der Waals surface area (Å²) in [6, 6.07) is 0. The molecule has 0 aromatic rings. The summed E-state index contributed by atoms with van der Waals surface area (Å²) in [6.45, 7) is 2.56. The number of nitrogens with zero attached hydrogens (tertiary/aromatic N) is 1. The summed E-state index contributed by atoms with van der Waals surface area (Å²) < 4.78 is 0. The van der Waals surface area contributed by atoms with E-state index < -0.39 is 0 Å². The van der Waals surface area contributed by atoms with Crippen LogP contribution in [-0.4, -0.2) is 29.1 Å². The molecule has 1 fully saturated rings. The number of carbonyl (C=O) groups excluding carboxylic acids is 2. The molecule has 1 unspecified atom stereocenters. The average molecular weight is 204 g/mol. The molecule has 0 aliphatic carbocycles. The molecule has 0 aromatic carbocycles. The maximum absolute atomic E-state index is 11.4. The topological polar surface area (TPSA) is 37.4 Å². The van der Waals surface area contributed by atoms with Crippen molar-refractivity contribution in [3.63, 3.8) is 0 Å². The number of hydrogen-bond acceptors (Lipinski definition) is 2. The quantitative estimate of drug-likeness (QED) is 0.651. The molecule has 1 aliphatic rings. The fourth-order valence-electron chi connectivity index (χ4n) is 1.48. The molecule has 4 heteroatoms. The Hall–Kier alpha value is -0.570. The molecule has 0 bridgehead atoms. The SMILES string of the molecule is CC1CC(=O)N(C(=O)CCCCl)C1. The first-order chi connectivity index (χ1) is 6.15. The number of imide groups is 1. The Labute approximate surface area is 83.0 Å². The third-order valence-corrected chi connectivity index (χ3v) is 2.41. The van der Waals surface area contributed by atoms with Gasteiger partial charge >= 0.3 is 0 Å². The molecule has 1 atom stereocenters. The van der Waals surface area contributed by atoms with Crippen molar-refractivity contribution in [1.82, 2.24) is 4.90 Å². The molecule has 74 valence electrons. The van der Waals surface area contributed by atoms with Crippen LogP contribution in [0.25, 0.3) is 0 Å². The Morgan fingerprint density at radius 3 is 2.85 bits per heavy atom. The van der Waals surface area contributed by atoms with Crippen molar-refractivity contribution in [3.05, 3.63) is 0 Å². The third-order valence-electron chi connectivity index (χ3n) is 2.14. The largest absolute Gasteiger partial charge is 0.282 e. The molecule has 1 saturated heterocycles. The molecule has 1 heterocycles. The molecular weight excluding hydrogens is 190 g/mol. The Bertz CT molecular complexity index is 218. The number of amides is 2. The van der Waals surface area contributed by atoms with E-state index in [4.69, 9.17) is 11.6 Å². The lowest BCUT2D eigenvalue weighted by molar-refractivity contribution is -0.141. The smallest absolute Gasteiger partial charge is 0.229 e. The van der Waals surface area contributed by atoms with Gasteiger partial charge < -0.3 is 0 Å². The van der Waals surface area contributed by atoms with Gasteiger partial charge in [0.1, 0.15) is 0 Å². The number of halogens is 1. The Morgan fingerprint density at radius 2 is 2.38 bits per heavy atom. The lowest BCUT2D eigenvalue weighted by Crippen LogP contribution is -2.32. The predicted octanol–water partition coefficient (Wildman–Crippen LogP) is 1.40. The highest BCUT2D eigenvalue weighted by molar-refractivity contribution is 6.18. The van der Waals surface area contributed by atoms with Gasteiger partial charge in [-0.25, -0.2) is 0 Å². The van der Waals surface area contributed by atoms with Crippen LogP contribution >= 0.6 is 11.6 Å². The Kier molecular flexibility index (Phi) is 3.72. The van der Waals surface area contributed by atoms with E-state index in [2.05, 4.69) is 0 Å². The average Bonchev–Trinajstić information content (AvgIpc) is 2.41. The fourth-order valence-corrected chi connectivity index (χ4v) is 1.61. The molecule has 0 N–H and O–H groups in total. The van der Waals surface area contributed by atoms with Crippen molar-refractivity contribution in [3.8, 4) is 0 Å². The first-order valence-corrected chi connectivity index (χ1v) is 5.07. The van der Waals surface area contributed by atoms with Crippen LogP contribution in [0.2, 0.25) is 0 Å². The van der Waals surface area contributed by atoms with E-state index in [0.717, 1.165) is 0 Å². The van der Waals surface area contributed by atoms with Gasteiger partial charge in [-0.2, -0.15) is 0 Å². The monoisotopic (exact) mass is 203 g/mol. The summed E-state index contributed by atoms with van der Waals surface area (Å²) in [7, 11) is 0. The summed E-state index contributed by atoms with van der Waals surface area (Å²) in [5.41, 5.74) is 0. The Balaban J connectivity index is 2.43. The predicted molar refractivity (Wildman–Crippen MR) is 50.5 cm³/mol. The second kappa shape index (κ2) is 4.61. The van der Waals surface area contributed by atoms with Crippen molar-refractivity contribution in [1.29, 1.82) is 0 Å². The second-order valence-electron chi connectivity index (χ2n) is 3.50. The summed E-state index contributed by atoms with van der Waals surface area (Å²) in [5.74, 6) is 0.679. The van der Waals surface area contributed by atoms with E-state index in [1.54, 1.807) is 0 Å². The zero-order chi connectivity index (χ0) is 9.84. The van der Waals surface area contributed by atoms with E-state index in [-0.39, 0.29) is 11.8 Å². The summed E-state index contributed by atoms with van der Waals surface area (Å²) in [5, 5.41) is 0. The van der Waals surface area contributed by atoms with Gasteiger partial charge in [0.2, 0.25) is 11.8 Å². The number of hydrogen-bond donors (Lipinski definition) is 0. The molecular formula is C9H14ClNO2. The highest BCUT2D eigenvalue weighted by Crippen LogP contribution is 2.17. The van der Waals surface area contributed by atoms with Crippen LogP contribution in [0, 0.1) is 5.92 Å². The minimum atomic E-state index is -0.0741. The summed E-state index contributed by atoms with van der Waals surface area (Å²) in [4.78, 5) is 24.0. The van der Waals surface area contributed by atoms with Crippen molar-refractivity contribution >= 4 is 23.4 Å². The first-order valence-electron chi connectivity index (χ1n) is 4.54. The van der Waals surface area contributed by atoms with E-state index in [9.17, 15) is 9.59 Å². The first kappa shape index (κ1) is 10.5. The van der Waals surface area contributed by atoms with E-state index >= 15 is 0 Å². The maximum Gasteiger partial charge on any atom is 0.229 e. The van der Waals surface area contributed by atoms with Gasteiger partial charge in [-0.1, -0.05) is 6.92 Å². The molecule has 0 aromatic heterocycles. The summed E-state index contributed by atoms with van der Waals surface area (Å²) in [6.07, 6.45) is 1.55. The minimum absolute atomic E-state index is 0.0351. The zero-order valence-corrected chi connectivity index (χ0v) is 8.51. The van der Waals surface area contributed by atoms with Gasteiger partial charge in [0.15, 0.2) is 0 Å². The van der Waals surface area contributed by atoms with Gasteiger partial charge in [0.25, 0.3) is 0 Å². The molecule has 0 spiro atoms. The third kappa shape index (κ3) is 2.69. The van der Waals surface area contributed by atoms with Crippen LogP contribution in [0.3, 0.4) is 0 Å². The van der Waals surface area contributed by atoms with E-state index in [0.29, 0.717) is 37.6 Å². The standard InChI is InChI=1S/C9H14ClNO2/c1-7-5-9(13)11(6-7)8(12)3-2-4-10/h7H,2-6H2,1H3. The summed E-state index contributed by atoms with van der Waals surface area (Å²) >= 11 is 5.46. The van der Waals surface area contributed by atoms with Crippen molar-refractivity contribution in [2.24, 2.45) is 5.92 Å². The molecule has 1 rings (SSSR count). The van der Waals surface area contributed by atoms with Gasteiger partial charge in [-0.3, -0.25) is 14.5 Å². The molecule has 2 amide bonds. The lowest BCUT2D eigenvalue weighted by atomic mass is 10.2. The molecule has 13 heavy (non-hydrogen) atoms. The fraction of sp³-hybridized carbons (Fsp3) is 0.778. The number of carbonyl (C=O) groups is 2. The van der Waals surface area contributed by atoms with Gasteiger partial charge in [-0.05, 0) is 12.3 Å². The molecule has 3 nitrogen and oxygen atoms in total. The van der Waals surface area contributed by atoms with Crippen LogP contribution < -0.4 is 0 Å². The minimum Gasteiger partial charge on any atom is -0.282 e. The molecule has 0 radical (unpaired) electrons. The van der Waals surface area contributed by atoms with Gasteiger partial charge in [0, 0.05) is 25.3 Å². The van der Waals surface area contributed by atoms with E-state index in [1.165, 1.54) is 4.90 Å². The van der Waals surface area contributed by atoms with Crippen molar-refractivity contribution in [2.45, 2.75) is 26.2 Å². The van der Waals surface area contributed by atoms with Crippen LogP contribution in [0.15, 0.2) is 0 Å². The maximum atomic E-state index is 11.4. The normalized spacial score (nSPS) is 22.5. The zero-order valence-electron chi connectivity index (χ0n) is 7.75. The van der Waals surface area contributed by atoms with Crippen LogP contribution in [0.5, 0.6) is 0 Å². The van der Waals surface area contributed by atoms with Crippen LogP contribution in [0.4, 0.5) is 0 Å². The Morgan fingerprint density at radius 1 is 1.69 bits per heavy atom. The highest BCUT2D eigenvalue weighted by Gasteiger charge is 2.30. The molecule has 0 saturated carbocycles. The van der Waals surface area contributed by atoms with Crippen molar-refractivity contribution < 1.29 is 9.59 Å². The van der Waals surface area contributed by atoms with Gasteiger partial charge in [-0.15, -0.1) is 11.6 Å². The van der Waals surface area contributed by atoms with Crippen molar-refractivity contribution in [2.75, 3.05) is 12.4 Å². The lowest BCUT2D eigenvalue weighted by Gasteiger charge is -2.13. The number of likely N-dealkylation sites (tertiary alicyclic amines) is 1. The molecule has 1 aliphatic heterocycles.